The molecule has 0 saturated heterocycles. The van der Waals surface area contributed by atoms with E-state index in [1.165, 1.54) is 0 Å². The molecule has 0 amide bonds. The molecule has 0 spiro atoms. The highest BCUT2D eigenvalue weighted by molar-refractivity contribution is 5.31. The second kappa shape index (κ2) is 3.56. The lowest BCUT2D eigenvalue weighted by molar-refractivity contribution is 0.411. The van der Waals surface area contributed by atoms with Gasteiger partial charge in [-0.05, 0) is 25.3 Å². The molecule has 0 atom stereocenters. The van der Waals surface area contributed by atoms with E-state index in [-0.39, 0.29) is 0 Å². The predicted molar refractivity (Wildman–Crippen MR) is 55.4 cm³/mol. The fraction of sp³-hybridized carbons (Fsp3) is 0.500. The Bertz CT molecular complexity index is 381. The van der Waals surface area contributed by atoms with Crippen LogP contribution in [-0.4, -0.2) is 0 Å². The summed E-state index contributed by atoms with van der Waals surface area (Å²) in [6, 6.07) is 3.22. The molecule has 0 aromatic heterocycles. The summed E-state index contributed by atoms with van der Waals surface area (Å²) >= 11 is 0. The minimum atomic E-state index is -0.764. The van der Waals surface area contributed by atoms with Crippen LogP contribution in [0.5, 0.6) is 0 Å². The van der Waals surface area contributed by atoms with Gasteiger partial charge in [0.1, 0.15) is 0 Å². The van der Waals surface area contributed by atoms with Gasteiger partial charge in [-0.2, -0.15) is 0 Å². The van der Waals surface area contributed by atoms with E-state index in [1.54, 1.807) is 19.1 Å². The topological polar surface area (TPSA) is 26.0 Å². The van der Waals surface area contributed by atoms with E-state index in [0.717, 1.165) is 25.7 Å². The van der Waals surface area contributed by atoms with Crippen molar-refractivity contribution in [1.82, 2.24) is 0 Å². The molecule has 0 unspecified atom stereocenters. The van der Waals surface area contributed by atoms with Crippen LogP contribution in [-0.2, 0) is 5.54 Å². The van der Waals surface area contributed by atoms with Crippen molar-refractivity contribution in [1.29, 1.82) is 0 Å². The Morgan fingerprint density at radius 1 is 1.13 bits per heavy atom. The van der Waals surface area contributed by atoms with E-state index in [1.807, 2.05) is 0 Å². The fourth-order valence-electron chi connectivity index (χ4n) is 2.31. The maximum atomic E-state index is 13.7. The van der Waals surface area contributed by atoms with Gasteiger partial charge in [0.05, 0.1) is 0 Å². The zero-order valence-corrected chi connectivity index (χ0v) is 8.82. The first kappa shape index (κ1) is 10.6. The molecule has 1 aromatic carbocycles. The van der Waals surface area contributed by atoms with E-state index < -0.39 is 17.2 Å². The Morgan fingerprint density at radius 3 is 2.33 bits per heavy atom. The molecule has 1 nitrogen and oxygen atoms in total. The molecule has 1 aliphatic rings. The van der Waals surface area contributed by atoms with Gasteiger partial charge in [-0.1, -0.05) is 25.0 Å². The lowest BCUT2D eigenvalue weighted by Crippen LogP contribution is -2.34. The van der Waals surface area contributed by atoms with Gasteiger partial charge in [0.2, 0.25) is 0 Å². The van der Waals surface area contributed by atoms with Gasteiger partial charge in [-0.3, -0.25) is 0 Å². The van der Waals surface area contributed by atoms with Gasteiger partial charge < -0.3 is 5.73 Å². The summed E-state index contributed by atoms with van der Waals surface area (Å²) in [7, 11) is 0. The molecule has 2 N–H and O–H groups in total. The lowest BCUT2D eigenvalue weighted by Gasteiger charge is -2.25. The van der Waals surface area contributed by atoms with Crippen molar-refractivity contribution >= 4 is 0 Å². The predicted octanol–water partition coefficient (Wildman–Crippen LogP) is 3.00. The molecule has 1 aliphatic carbocycles. The Hall–Kier alpha value is -0.960. The summed E-state index contributed by atoms with van der Waals surface area (Å²) in [5, 5.41) is 0. The molecular weight excluding hydrogens is 196 g/mol. The zero-order valence-electron chi connectivity index (χ0n) is 8.82. The van der Waals surface area contributed by atoms with Crippen LogP contribution in [0.4, 0.5) is 8.78 Å². The number of hydrogen-bond acceptors (Lipinski definition) is 1. The first-order valence-corrected chi connectivity index (χ1v) is 5.28. The van der Waals surface area contributed by atoms with Gasteiger partial charge >= 0.3 is 0 Å². The van der Waals surface area contributed by atoms with Crippen molar-refractivity contribution in [2.75, 3.05) is 0 Å². The normalized spacial score (nSPS) is 19.5. The first-order chi connectivity index (χ1) is 7.04. The SMILES string of the molecule is Cc1ccc(C2(N)CCCC2)c(F)c1F. The van der Waals surface area contributed by atoms with Crippen molar-refractivity contribution in [2.45, 2.75) is 38.1 Å². The minimum Gasteiger partial charge on any atom is -0.321 e. The average Bonchev–Trinajstić information content (AvgIpc) is 2.62. The lowest BCUT2D eigenvalue weighted by atomic mass is 9.88. The standard InChI is InChI=1S/C12H15F2N/c1-8-4-5-9(11(14)10(8)13)12(15)6-2-3-7-12/h4-5H,2-3,6-7,15H2,1H3. The fourth-order valence-corrected chi connectivity index (χ4v) is 2.31. The summed E-state index contributed by atoms with van der Waals surface area (Å²) in [6.45, 7) is 1.56. The third-order valence-electron chi connectivity index (χ3n) is 3.31. The summed E-state index contributed by atoms with van der Waals surface area (Å²) in [4.78, 5) is 0. The van der Waals surface area contributed by atoms with Crippen LogP contribution in [0, 0.1) is 18.6 Å². The molecule has 0 heterocycles. The number of hydrogen-bond donors (Lipinski definition) is 1. The van der Waals surface area contributed by atoms with Gasteiger partial charge in [-0.15, -0.1) is 0 Å². The number of aryl methyl sites for hydroxylation is 1. The van der Waals surface area contributed by atoms with Crippen LogP contribution in [0.3, 0.4) is 0 Å². The summed E-state index contributed by atoms with van der Waals surface area (Å²) in [5.74, 6) is -1.52. The average molecular weight is 211 g/mol. The van der Waals surface area contributed by atoms with E-state index in [4.69, 9.17) is 5.73 Å². The molecule has 0 radical (unpaired) electrons. The first-order valence-electron chi connectivity index (χ1n) is 5.28. The Balaban J connectivity index is 2.49. The molecule has 3 heteroatoms. The monoisotopic (exact) mass is 211 g/mol. The molecule has 0 bridgehead atoms. The zero-order chi connectivity index (χ0) is 11.1. The third-order valence-corrected chi connectivity index (χ3v) is 3.31. The Morgan fingerprint density at radius 2 is 1.73 bits per heavy atom. The van der Waals surface area contributed by atoms with Gasteiger partial charge in [0.15, 0.2) is 11.6 Å². The summed E-state index contributed by atoms with van der Waals surface area (Å²) in [6.07, 6.45) is 3.47. The third kappa shape index (κ3) is 1.65. The van der Waals surface area contributed by atoms with E-state index in [2.05, 4.69) is 0 Å². The van der Waals surface area contributed by atoms with Crippen molar-refractivity contribution in [2.24, 2.45) is 5.73 Å². The Labute approximate surface area is 88.3 Å². The molecule has 2 rings (SSSR count). The van der Waals surface area contributed by atoms with Crippen molar-refractivity contribution < 1.29 is 8.78 Å². The smallest absolute Gasteiger partial charge is 0.164 e. The largest absolute Gasteiger partial charge is 0.321 e. The van der Waals surface area contributed by atoms with Crippen LogP contribution >= 0.6 is 0 Å². The second-order valence-corrected chi connectivity index (χ2v) is 4.42. The number of halogens is 2. The quantitative estimate of drug-likeness (QED) is 0.759. The molecular formula is C12H15F2N. The van der Waals surface area contributed by atoms with Crippen LogP contribution in [0.15, 0.2) is 12.1 Å². The molecule has 82 valence electrons. The highest BCUT2D eigenvalue weighted by Crippen LogP contribution is 2.38. The van der Waals surface area contributed by atoms with E-state index in [0.29, 0.717) is 11.1 Å². The molecule has 1 saturated carbocycles. The Kier molecular flexibility index (Phi) is 2.51. The van der Waals surface area contributed by atoms with E-state index in [9.17, 15) is 8.78 Å². The van der Waals surface area contributed by atoms with Crippen LogP contribution in [0.25, 0.3) is 0 Å². The number of benzene rings is 1. The minimum absolute atomic E-state index is 0.331. The molecule has 1 aromatic rings. The van der Waals surface area contributed by atoms with Crippen LogP contribution < -0.4 is 5.73 Å². The number of nitrogens with two attached hydrogens (primary N) is 1. The van der Waals surface area contributed by atoms with Crippen molar-refractivity contribution in [3.8, 4) is 0 Å². The molecule has 0 aliphatic heterocycles. The molecule has 15 heavy (non-hydrogen) atoms. The van der Waals surface area contributed by atoms with Gasteiger partial charge in [0, 0.05) is 11.1 Å². The van der Waals surface area contributed by atoms with Gasteiger partial charge in [-0.25, -0.2) is 8.78 Å². The van der Waals surface area contributed by atoms with Crippen LogP contribution in [0.2, 0.25) is 0 Å². The maximum absolute atomic E-state index is 13.7. The van der Waals surface area contributed by atoms with Crippen molar-refractivity contribution in [3.63, 3.8) is 0 Å². The molecule has 1 fully saturated rings. The highest BCUT2D eigenvalue weighted by Gasteiger charge is 2.34. The maximum Gasteiger partial charge on any atom is 0.164 e. The second-order valence-electron chi connectivity index (χ2n) is 4.42. The van der Waals surface area contributed by atoms with Crippen molar-refractivity contribution in [3.05, 3.63) is 34.9 Å². The van der Waals surface area contributed by atoms with Crippen LogP contribution in [0.1, 0.15) is 36.8 Å². The summed E-state index contributed by atoms with van der Waals surface area (Å²) < 4.78 is 27.1. The summed E-state index contributed by atoms with van der Waals surface area (Å²) in [5.41, 5.74) is 6.11. The number of rotatable bonds is 1. The van der Waals surface area contributed by atoms with E-state index >= 15 is 0 Å². The highest BCUT2D eigenvalue weighted by atomic mass is 19.2. The van der Waals surface area contributed by atoms with Gasteiger partial charge in [0.25, 0.3) is 0 Å².